The number of hydrogen-bond acceptors (Lipinski definition) is 7. The number of hydrogen-bond donors (Lipinski definition) is 4. The van der Waals surface area contributed by atoms with Crippen molar-refractivity contribution in [3.63, 3.8) is 0 Å². The second kappa shape index (κ2) is 13.4. The van der Waals surface area contributed by atoms with Crippen LogP contribution in [0.4, 0.5) is 4.79 Å². The molecule has 6 atom stereocenters. The summed E-state index contributed by atoms with van der Waals surface area (Å²) in [4.78, 5) is 67.9. The number of carbonyl (C=O) groups excluding carboxylic acids is 5. The first-order valence-electron chi connectivity index (χ1n) is 16.9. The largest absolute Gasteiger partial charge is 0.468 e. The lowest BCUT2D eigenvalue weighted by Crippen LogP contribution is -2.63. The Kier molecular flexibility index (Phi) is 9.97. The summed E-state index contributed by atoms with van der Waals surface area (Å²) in [5.41, 5.74) is 3.73. The highest BCUT2D eigenvalue weighted by Crippen LogP contribution is 2.65. The normalized spacial score (nSPS) is 26.3. The van der Waals surface area contributed by atoms with E-state index in [2.05, 4.69) is 29.8 Å². The molecule has 1 aliphatic heterocycles. The number of rotatable bonds is 13. The second-order valence-electron chi connectivity index (χ2n) is 15.9. The second-order valence-corrected chi connectivity index (χ2v) is 17.4. The molecule has 47 heavy (non-hydrogen) atoms. The van der Waals surface area contributed by atoms with Gasteiger partial charge in [0.05, 0.1) is 23.6 Å². The van der Waals surface area contributed by atoms with E-state index in [1.165, 1.54) is 0 Å². The molecule has 1 saturated heterocycles. The van der Waals surface area contributed by atoms with Crippen molar-refractivity contribution in [3.8, 4) is 0 Å². The van der Waals surface area contributed by atoms with Crippen molar-refractivity contribution in [2.45, 2.75) is 115 Å². The van der Waals surface area contributed by atoms with Crippen LogP contribution in [0.15, 0.2) is 22.8 Å². The average molecular weight is 674 g/mol. The molecule has 12 nitrogen and oxygen atoms in total. The molecule has 5 rings (SSSR count). The van der Waals surface area contributed by atoms with E-state index >= 15 is 0 Å². The molecular weight excluding hydrogens is 622 g/mol. The number of Topliss-reactive ketones (excluding diaryl/α,β-unsaturated/α-hetero) is 1. The fourth-order valence-electron chi connectivity index (χ4n) is 7.83. The topological polar surface area (TPSA) is 181 Å². The van der Waals surface area contributed by atoms with E-state index in [1.54, 1.807) is 23.3 Å². The first kappa shape index (κ1) is 35.1. The zero-order chi connectivity index (χ0) is 34.3. The molecule has 3 saturated carbocycles. The Balaban J connectivity index is 1.31. The van der Waals surface area contributed by atoms with Crippen LogP contribution in [-0.2, 0) is 35.7 Å². The number of urea groups is 1. The predicted molar refractivity (Wildman–Crippen MR) is 176 cm³/mol. The van der Waals surface area contributed by atoms with Gasteiger partial charge in [0.2, 0.25) is 17.6 Å². The first-order valence-corrected chi connectivity index (χ1v) is 18.4. The number of likely N-dealkylation sites (tertiary alicyclic amines) is 1. The number of fused-ring (bicyclic) bond motifs is 1. The minimum Gasteiger partial charge on any atom is -0.468 e. The summed E-state index contributed by atoms with van der Waals surface area (Å²) in [5.74, 6) is -1.43. The first-order chi connectivity index (χ1) is 22.0. The Morgan fingerprint density at radius 2 is 1.77 bits per heavy atom. The molecule has 5 amide bonds. The minimum absolute atomic E-state index is 0.0834. The lowest BCUT2D eigenvalue weighted by atomic mass is 9.83. The third-order valence-corrected chi connectivity index (χ3v) is 12.3. The van der Waals surface area contributed by atoms with E-state index in [0.29, 0.717) is 31.6 Å². The van der Waals surface area contributed by atoms with E-state index in [1.807, 2.05) is 20.8 Å². The molecular formula is C34H51N5O7S. The lowest BCUT2D eigenvalue weighted by Gasteiger charge is -2.40. The molecule has 3 aliphatic carbocycles. The molecule has 0 aromatic carbocycles. The maximum absolute atomic E-state index is 14.4. The van der Waals surface area contributed by atoms with Crippen molar-refractivity contribution in [2.24, 2.45) is 34.3 Å². The standard InChI is InChI=1S/C34H51N5O7S/c1-32(2,3)27(37-31(44)38-34(13-7-6-8-14-34)19-47(45)18-21-10-9-15-46-21)30(43)39-17-22-24(33(22,4)5)25(39)29(42)36-23(16-20-11-12-20)26(40)28(35)41/h9-10,15,20,22-25,27H,6-8,11-14,16-19H2,1-5H3,(H2,35,41)(H,36,42)(H2,37,38,44)/t22?,23?,24-,25?,27-,47?/m1/s1. The number of nitrogens with two attached hydrogens (primary N) is 1. The zero-order valence-electron chi connectivity index (χ0n) is 28.3. The van der Waals surface area contributed by atoms with E-state index in [0.717, 1.165) is 32.1 Å². The summed E-state index contributed by atoms with van der Waals surface area (Å²) in [6.07, 6.45) is 7.90. The summed E-state index contributed by atoms with van der Waals surface area (Å²) in [6.45, 7) is 10.0. The molecule has 0 bridgehead atoms. The van der Waals surface area contributed by atoms with Crippen molar-refractivity contribution < 1.29 is 32.6 Å². The number of nitrogens with zero attached hydrogens (tertiary/aromatic N) is 1. The third-order valence-electron chi connectivity index (χ3n) is 10.8. The van der Waals surface area contributed by atoms with Gasteiger partial charge in [-0.15, -0.1) is 0 Å². The van der Waals surface area contributed by atoms with Gasteiger partial charge in [0.15, 0.2) is 0 Å². The molecule has 1 aromatic rings. The van der Waals surface area contributed by atoms with Crippen LogP contribution in [0.1, 0.15) is 91.7 Å². The van der Waals surface area contributed by atoms with Gasteiger partial charge in [-0.05, 0) is 60.0 Å². The number of carbonyl (C=O) groups is 5. The molecule has 13 heteroatoms. The van der Waals surface area contributed by atoms with Crippen LogP contribution in [0.5, 0.6) is 0 Å². The van der Waals surface area contributed by atoms with Gasteiger partial charge in [-0.25, -0.2) is 4.79 Å². The maximum atomic E-state index is 14.4. The lowest BCUT2D eigenvalue weighted by molar-refractivity contribution is -0.145. The monoisotopic (exact) mass is 673 g/mol. The molecule has 0 radical (unpaired) electrons. The Labute approximate surface area is 279 Å². The average Bonchev–Trinajstić information content (AvgIpc) is 3.70. The van der Waals surface area contributed by atoms with Crippen LogP contribution in [0.3, 0.4) is 0 Å². The van der Waals surface area contributed by atoms with Crippen LogP contribution in [0, 0.1) is 28.6 Å². The van der Waals surface area contributed by atoms with Crippen molar-refractivity contribution >= 4 is 40.3 Å². The highest BCUT2D eigenvalue weighted by Gasteiger charge is 2.70. The third kappa shape index (κ3) is 7.92. The summed E-state index contributed by atoms with van der Waals surface area (Å²) >= 11 is 0. The summed E-state index contributed by atoms with van der Waals surface area (Å²) in [5, 5.41) is 8.84. The Bertz CT molecular complexity index is 1390. The Morgan fingerprint density at radius 1 is 1.09 bits per heavy atom. The Hall–Kier alpha value is -3.22. The fourth-order valence-corrected chi connectivity index (χ4v) is 9.39. The van der Waals surface area contributed by atoms with Crippen LogP contribution in [-0.4, -0.2) is 74.6 Å². The molecule has 0 spiro atoms. The highest BCUT2D eigenvalue weighted by molar-refractivity contribution is 7.84. The van der Waals surface area contributed by atoms with Crippen LogP contribution >= 0.6 is 0 Å². The van der Waals surface area contributed by atoms with Gasteiger partial charge in [0.1, 0.15) is 17.8 Å². The van der Waals surface area contributed by atoms with Gasteiger partial charge in [0, 0.05) is 23.1 Å². The summed E-state index contributed by atoms with van der Waals surface area (Å²) < 4.78 is 18.6. The molecule has 5 N–H and O–H groups in total. The number of nitrogens with one attached hydrogen (secondary N) is 3. The van der Waals surface area contributed by atoms with Gasteiger partial charge in [-0.2, -0.15) is 0 Å². The fraction of sp³-hybridized carbons (Fsp3) is 0.735. The van der Waals surface area contributed by atoms with E-state index < -0.39 is 63.5 Å². The van der Waals surface area contributed by atoms with Gasteiger partial charge in [0.25, 0.3) is 5.91 Å². The van der Waals surface area contributed by atoms with Crippen molar-refractivity contribution in [1.82, 2.24) is 20.9 Å². The SMILES string of the molecule is CC(C)(C)[C@H](NC(=O)NC1(CS(=O)Cc2ccco2)CCCCC1)C(=O)N1CC2[C@H](C1C(=O)NC(CC1CC1)C(=O)C(N)=O)C2(C)C. The predicted octanol–water partition coefficient (Wildman–Crippen LogP) is 2.77. The number of furan rings is 1. The molecule has 4 fully saturated rings. The zero-order valence-corrected chi connectivity index (χ0v) is 29.1. The van der Waals surface area contributed by atoms with E-state index in [9.17, 15) is 28.2 Å². The molecule has 1 aromatic heterocycles. The van der Waals surface area contributed by atoms with Crippen molar-refractivity contribution in [3.05, 3.63) is 24.2 Å². The smallest absolute Gasteiger partial charge is 0.315 e. The van der Waals surface area contributed by atoms with Crippen LogP contribution in [0.2, 0.25) is 0 Å². The Morgan fingerprint density at radius 3 is 2.34 bits per heavy atom. The van der Waals surface area contributed by atoms with Gasteiger partial charge >= 0.3 is 6.03 Å². The number of ketones is 1. The summed E-state index contributed by atoms with van der Waals surface area (Å²) in [6, 6.07) is 0.167. The van der Waals surface area contributed by atoms with Crippen molar-refractivity contribution in [2.75, 3.05) is 12.3 Å². The molecule has 4 unspecified atom stereocenters. The van der Waals surface area contributed by atoms with Crippen LogP contribution in [0.25, 0.3) is 0 Å². The van der Waals surface area contributed by atoms with E-state index in [4.69, 9.17) is 10.2 Å². The number of primary amides is 1. The van der Waals surface area contributed by atoms with Gasteiger partial charge < -0.3 is 31.0 Å². The quantitative estimate of drug-likeness (QED) is 0.232. The van der Waals surface area contributed by atoms with E-state index in [-0.39, 0.29) is 40.6 Å². The van der Waals surface area contributed by atoms with Crippen LogP contribution < -0.4 is 21.7 Å². The van der Waals surface area contributed by atoms with Gasteiger partial charge in [-0.1, -0.05) is 66.7 Å². The molecule has 260 valence electrons. The highest BCUT2D eigenvalue weighted by atomic mass is 32.2. The minimum atomic E-state index is -1.28. The summed E-state index contributed by atoms with van der Waals surface area (Å²) in [7, 11) is -1.28. The number of piperidine rings is 1. The van der Waals surface area contributed by atoms with Gasteiger partial charge in [-0.3, -0.25) is 23.4 Å². The molecule has 4 aliphatic rings. The molecule has 2 heterocycles. The maximum Gasteiger partial charge on any atom is 0.315 e. The van der Waals surface area contributed by atoms with Crippen molar-refractivity contribution in [1.29, 1.82) is 0 Å². The number of amides is 5.